The second-order valence-corrected chi connectivity index (χ2v) is 6.68. The molecule has 1 aromatic heterocycles. The number of hydrogen-bond acceptors (Lipinski definition) is 9. The molecule has 1 aromatic rings. The van der Waals surface area contributed by atoms with E-state index in [0.29, 0.717) is 0 Å². The number of aliphatic hydroxyl groups is 1. The molecule has 0 unspecified atom stereocenters. The Labute approximate surface area is 149 Å². The lowest BCUT2D eigenvalue weighted by Gasteiger charge is -2.24. The molecule has 0 saturated carbocycles. The Morgan fingerprint density at radius 3 is 2.73 bits per heavy atom. The largest absolute Gasteiger partial charge is 0.433 e. The molecule has 11 nitrogen and oxygen atoms in total. The third-order valence-electron chi connectivity index (χ3n) is 4.02. The molecule has 144 valence electrons. The van der Waals surface area contributed by atoms with Crippen molar-refractivity contribution >= 4 is 11.9 Å². The summed E-state index contributed by atoms with van der Waals surface area (Å²) in [5, 5.41) is 9.50. The standard InChI is InChI=1S/C15H22N4O7/c1-15(2)24-10-8(7-20)23-12(11(10)25-15)19-6-5-9(16-13(19)21)17-26-14(22)18(3)4/h5-6,8,10-12,20H,7H2,1-4H3,(H,16,17,21)/t8-,10-,11-,12-/m1/s1. The molecule has 3 heterocycles. The molecule has 0 aromatic carbocycles. The van der Waals surface area contributed by atoms with Crippen LogP contribution in [-0.2, 0) is 19.0 Å². The number of amides is 1. The van der Waals surface area contributed by atoms with Gasteiger partial charge in [0, 0.05) is 26.4 Å². The molecular weight excluding hydrogens is 348 g/mol. The molecule has 26 heavy (non-hydrogen) atoms. The zero-order valence-electron chi connectivity index (χ0n) is 14.9. The Morgan fingerprint density at radius 2 is 2.12 bits per heavy atom. The van der Waals surface area contributed by atoms with Gasteiger partial charge in [-0.15, -0.1) is 0 Å². The van der Waals surface area contributed by atoms with E-state index in [2.05, 4.69) is 10.5 Å². The Bertz CT molecular complexity index is 735. The SMILES string of the molecule is CN(C)C(=O)ONc1ccn([C@@H]2O[C@H](CO)[C@H]3OC(C)(C)O[C@H]32)c(=O)n1. The third kappa shape index (κ3) is 3.51. The summed E-state index contributed by atoms with van der Waals surface area (Å²) in [6, 6.07) is 1.45. The number of nitrogens with one attached hydrogen (secondary N) is 1. The van der Waals surface area contributed by atoms with E-state index in [1.165, 1.54) is 35.8 Å². The molecule has 3 rings (SSSR count). The van der Waals surface area contributed by atoms with Gasteiger partial charge in [-0.2, -0.15) is 10.5 Å². The predicted octanol–water partition coefficient (Wildman–Crippen LogP) is -0.322. The van der Waals surface area contributed by atoms with Gasteiger partial charge in [0.2, 0.25) is 0 Å². The highest BCUT2D eigenvalue weighted by Gasteiger charge is 2.55. The molecule has 0 spiro atoms. The smallest absolute Gasteiger partial charge is 0.394 e. The zero-order chi connectivity index (χ0) is 19.1. The number of fused-ring (bicyclic) bond motifs is 1. The Kier molecular flexibility index (Phi) is 4.88. The van der Waals surface area contributed by atoms with E-state index >= 15 is 0 Å². The average molecular weight is 370 g/mol. The minimum Gasteiger partial charge on any atom is -0.394 e. The minimum absolute atomic E-state index is 0.0682. The first-order valence-corrected chi connectivity index (χ1v) is 8.07. The van der Waals surface area contributed by atoms with Gasteiger partial charge in [0.25, 0.3) is 0 Å². The van der Waals surface area contributed by atoms with Gasteiger partial charge in [0.1, 0.15) is 18.3 Å². The topological polar surface area (TPSA) is 124 Å². The summed E-state index contributed by atoms with van der Waals surface area (Å²) < 4.78 is 18.6. The van der Waals surface area contributed by atoms with Crippen molar-refractivity contribution in [3.8, 4) is 0 Å². The second-order valence-electron chi connectivity index (χ2n) is 6.68. The highest BCUT2D eigenvalue weighted by Crippen LogP contribution is 2.42. The van der Waals surface area contributed by atoms with Gasteiger partial charge < -0.3 is 29.1 Å². The number of carbonyl (C=O) groups is 1. The van der Waals surface area contributed by atoms with Crippen LogP contribution in [0.15, 0.2) is 17.1 Å². The van der Waals surface area contributed by atoms with Crippen LogP contribution in [0, 0.1) is 0 Å². The van der Waals surface area contributed by atoms with Gasteiger partial charge in [-0.25, -0.2) is 9.59 Å². The van der Waals surface area contributed by atoms with Crippen molar-refractivity contribution in [3.63, 3.8) is 0 Å². The maximum absolute atomic E-state index is 12.4. The quantitative estimate of drug-likeness (QED) is 0.686. The van der Waals surface area contributed by atoms with Crippen LogP contribution in [0.5, 0.6) is 0 Å². The monoisotopic (exact) mass is 370 g/mol. The normalized spacial score (nSPS) is 29.3. The molecule has 11 heteroatoms. The number of aromatic nitrogens is 2. The number of nitrogens with zero attached hydrogens (tertiary/aromatic N) is 3. The van der Waals surface area contributed by atoms with E-state index in [1.807, 2.05) is 0 Å². The number of rotatable bonds is 4. The fraction of sp³-hybridized carbons (Fsp3) is 0.667. The summed E-state index contributed by atoms with van der Waals surface area (Å²) in [5.74, 6) is -0.775. The number of ether oxygens (including phenoxy) is 3. The van der Waals surface area contributed by atoms with Crippen molar-refractivity contribution in [1.82, 2.24) is 14.5 Å². The summed E-state index contributed by atoms with van der Waals surface area (Å²) in [6.07, 6.45) is -1.66. The first-order chi connectivity index (χ1) is 12.2. The van der Waals surface area contributed by atoms with Crippen molar-refractivity contribution < 1.29 is 28.9 Å². The van der Waals surface area contributed by atoms with Crippen molar-refractivity contribution in [3.05, 3.63) is 22.7 Å². The number of aliphatic hydroxyl groups excluding tert-OH is 1. The summed E-state index contributed by atoms with van der Waals surface area (Å²) in [6.45, 7) is 3.24. The van der Waals surface area contributed by atoms with Crippen LogP contribution in [0.25, 0.3) is 0 Å². The molecule has 1 amide bonds. The summed E-state index contributed by atoms with van der Waals surface area (Å²) in [5.41, 5.74) is 1.68. The maximum atomic E-state index is 12.4. The second kappa shape index (κ2) is 6.83. The lowest BCUT2D eigenvalue weighted by molar-refractivity contribution is -0.200. The van der Waals surface area contributed by atoms with E-state index < -0.39 is 42.1 Å². The molecule has 2 aliphatic rings. The van der Waals surface area contributed by atoms with Crippen LogP contribution in [0.3, 0.4) is 0 Å². The van der Waals surface area contributed by atoms with Crippen LogP contribution < -0.4 is 11.2 Å². The Balaban J connectivity index is 1.77. The predicted molar refractivity (Wildman–Crippen MR) is 87.1 cm³/mol. The average Bonchev–Trinajstić information content (AvgIpc) is 3.05. The molecule has 0 radical (unpaired) electrons. The zero-order valence-corrected chi connectivity index (χ0v) is 14.9. The highest BCUT2D eigenvalue weighted by atomic mass is 16.8. The number of anilines is 1. The highest BCUT2D eigenvalue weighted by molar-refractivity contribution is 5.67. The van der Waals surface area contributed by atoms with E-state index in [9.17, 15) is 14.7 Å². The Hall–Kier alpha value is -2.21. The first-order valence-electron chi connectivity index (χ1n) is 8.07. The van der Waals surface area contributed by atoms with Crippen molar-refractivity contribution in [2.45, 2.75) is 44.2 Å². The Morgan fingerprint density at radius 1 is 1.42 bits per heavy atom. The van der Waals surface area contributed by atoms with Crippen LogP contribution in [-0.4, -0.2) is 70.5 Å². The molecule has 2 N–H and O–H groups in total. The van der Waals surface area contributed by atoms with Crippen molar-refractivity contribution in [2.24, 2.45) is 0 Å². The first kappa shape index (κ1) is 18.6. The molecule has 0 bridgehead atoms. The lowest BCUT2D eigenvalue weighted by Crippen LogP contribution is -2.35. The molecule has 2 saturated heterocycles. The lowest BCUT2D eigenvalue weighted by atomic mass is 10.1. The van der Waals surface area contributed by atoms with Crippen molar-refractivity contribution in [2.75, 3.05) is 26.2 Å². The van der Waals surface area contributed by atoms with Crippen LogP contribution >= 0.6 is 0 Å². The van der Waals surface area contributed by atoms with E-state index in [1.54, 1.807) is 13.8 Å². The number of hydrogen-bond donors (Lipinski definition) is 2. The maximum Gasteiger partial charge on any atom is 0.433 e. The van der Waals surface area contributed by atoms with Crippen LogP contribution in [0.2, 0.25) is 0 Å². The van der Waals surface area contributed by atoms with E-state index in [0.717, 1.165) is 0 Å². The van der Waals surface area contributed by atoms with Gasteiger partial charge in [0.15, 0.2) is 17.8 Å². The van der Waals surface area contributed by atoms with Crippen LogP contribution in [0.1, 0.15) is 20.1 Å². The summed E-state index contributed by atoms with van der Waals surface area (Å²) >= 11 is 0. The fourth-order valence-electron chi connectivity index (χ4n) is 2.88. The van der Waals surface area contributed by atoms with Gasteiger partial charge in [-0.1, -0.05) is 0 Å². The van der Waals surface area contributed by atoms with Gasteiger partial charge >= 0.3 is 11.8 Å². The van der Waals surface area contributed by atoms with Gasteiger partial charge in [-0.05, 0) is 13.8 Å². The fourth-order valence-corrected chi connectivity index (χ4v) is 2.88. The molecule has 4 atom stereocenters. The third-order valence-corrected chi connectivity index (χ3v) is 4.02. The molecule has 2 aliphatic heterocycles. The molecule has 0 aliphatic carbocycles. The van der Waals surface area contributed by atoms with E-state index in [4.69, 9.17) is 19.0 Å². The molecular formula is C15H22N4O7. The number of carbonyl (C=O) groups excluding carboxylic acids is 1. The van der Waals surface area contributed by atoms with E-state index in [-0.39, 0.29) is 12.4 Å². The summed E-state index contributed by atoms with van der Waals surface area (Å²) in [4.78, 5) is 33.5. The summed E-state index contributed by atoms with van der Waals surface area (Å²) in [7, 11) is 3.04. The molecule has 2 fully saturated rings. The van der Waals surface area contributed by atoms with Crippen LogP contribution in [0.4, 0.5) is 10.6 Å². The van der Waals surface area contributed by atoms with Crippen molar-refractivity contribution in [1.29, 1.82) is 0 Å². The van der Waals surface area contributed by atoms with Gasteiger partial charge in [0.05, 0.1) is 6.61 Å². The minimum atomic E-state index is -0.844. The van der Waals surface area contributed by atoms with Gasteiger partial charge in [-0.3, -0.25) is 4.57 Å².